The van der Waals surface area contributed by atoms with Gasteiger partial charge in [0.15, 0.2) is 6.61 Å². The van der Waals surface area contributed by atoms with Gasteiger partial charge in [-0.05, 0) is 37.3 Å². The van der Waals surface area contributed by atoms with Crippen LogP contribution in [0.5, 0.6) is 5.75 Å². The molecule has 1 aliphatic rings. The Morgan fingerprint density at radius 2 is 1.90 bits per heavy atom. The van der Waals surface area contributed by atoms with Gasteiger partial charge in [-0.2, -0.15) is 0 Å². The van der Waals surface area contributed by atoms with E-state index in [0.717, 1.165) is 42.8 Å². The maximum Gasteiger partial charge on any atom is 0.265 e. The SMILES string of the molecule is CCC(COC)NC(=O)c1sc(-c2ccccc2)cc1OCC(=O)N1CCCCC1. The number of nitrogens with one attached hydrogen (secondary N) is 1. The molecule has 162 valence electrons. The molecule has 7 heteroatoms. The molecule has 0 spiro atoms. The van der Waals surface area contributed by atoms with Crippen LogP contribution in [-0.2, 0) is 9.53 Å². The second-order valence-corrected chi connectivity index (χ2v) is 8.49. The summed E-state index contributed by atoms with van der Waals surface area (Å²) in [4.78, 5) is 28.8. The van der Waals surface area contributed by atoms with Crippen LogP contribution in [0.25, 0.3) is 10.4 Å². The zero-order chi connectivity index (χ0) is 21.3. The van der Waals surface area contributed by atoms with Gasteiger partial charge in [0, 0.05) is 25.1 Å². The summed E-state index contributed by atoms with van der Waals surface area (Å²) in [5.74, 6) is 0.222. The third kappa shape index (κ3) is 5.83. The molecule has 1 N–H and O–H groups in total. The van der Waals surface area contributed by atoms with Crippen molar-refractivity contribution in [3.8, 4) is 16.2 Å². The van der Waals surface area contributed by atoms with E-state index in [1.54, 1.807) is 7.11 Å². The number of carbonyl (C=O) groups is 2. The van der Waals surface area contributed by atoms with Gasteiger partial charge in [-0.15, -0.1) is 11.3 Å². The summed E-state index contributed by atoms with van der Waals surface area (Å²) in [5.41, 5.74) is 1.01. The minimum atomic E-state index is -0.202. The van der Waals surface area contributed by atoms with Crippen molar-refractivity contribution in [2.45, 2.75) is 38.6 Å². The van der Waals surface area contributed by atoms with Gasteiger partial charge in [0.2, 0.25) is 0 Å². The van der Waals surface area contributed by atoms with Gasteiger partial charge in [0.05, 0.1) is 12.6 Å². The van der Waals surface area contributed by atoms with Crippen molar-refractivity contribution in [3.63, 3.8) is 0 Å². The Morgan fingerprint density at radius 3 is 2.57 bits per heavy atom. The van der Waals surface area contributed by atoms with Crippen molar-refractivity contribution >= 4 is 23.2 Å². The van der Waals surface area contributed by atoms with Gasteiger partial charge in [0.1, 0.15) is 10.6 Å². The fraction of sp³-hybridized carbons (Fsp3) is 0.478. The molecule has 30 heavy (non-hydrogen) atoms. The van der Waals surface area contributed by atoms with Crippen molar-refractivity contribution in [2.75, 3.05) is 33.4 Å². The van der Waals surface area contributed by atoms with Crippen LogP contribution >= 0.6 is 11.3 Å². The fourth-order valence-electron chi connectivity index (χ4n) is 3.47. The van der Waals surface area contributed by atoms with E-state index < -0.39 is 0 Å². The monoisotopic (exact) mass is 430 g/mol. The molecule has 1 saturated heterocycles. The van der Waals surface area contributed by atoms with E-state index in [1.807, 2.05) is 48.2 Å². The second-order valence-electron chi connectivity index (χ2n) is 7.43. The molecule has 1 aliphatic heterocycles. The molecule has 0 saturated carbocycles. The van der Waals surface area contributed by atoms with Gasteiger partial charge < -0.3 is 19.7 Å². The number of ether oxygens (including phenoxy) is 2. The van der Waals surface area contributed by atoms with Crippen molar-refractivity contribution in [1.29, 1.82) is 0 Å². The summed E-state index contributed by atoms with van der Waals surface area (Å²) in [7, 11) is 1.62. The Balaban J connectivity index is 1.77. The Morgan fingerprint density at radius 1 is 1.17 bits per heavy atom. The number of nitrogens with zero attached hydrogens (tertiary/aromatic N) is 1. The Hall–Kier alpha value is -2.38. The second kappa shape index (κ2) is 11.1. The molecule has 2 heterocycles. The van der Waals surface area contributed by atoms with Crippen molar-refractivity contribution < 1.29 is 19.1 Å². The number of likely N-dealkylation sites (tertiary alicyclic amines) is 1. The van der Waals surface area contributed by atoms with Crippen LogP contribution in [-0.4, -0.2) is 56.2 Å². The summed E-state index contributed by atoms with van der Waals surface area (Å²) in [5, 5.41) is 3.01. The lowest BCUT2D eigenvalue weighted by molar-refractivity contribution is -0.134. The van der Waals surface area contributed by atoms with E-state index in [9.17, 15) is 9.59 Å². The number of benzene rings is 1. The molecule has 3 rings (SSSR count). The molecule has 1 atom stereocenters. The molecule has 2 amide bonds. The maximum atomic E-state index is 13.0. The number of hydrogen-bond acceptors (Lipinski definition) is 5. The topological polar surface area (TPSA) is 67.9 Å². The quantitative estimate of drug-likeness (QED) is 0.654. The van der Waals surface area contributed by atoms with E-state index in [1.165, 1.54) is 17.8 Å². The highest BCUT2D eigenvalue weighted by Gasteiger charge is 2.23. The number of thiophene rings is 1. The zero-order valence-electron chi connectivity index (χ0n) is 17.7. The summed E-state index contributed by atoms with van der Waals surface area (Å²) >= 11 is 1.38. The molecule has 1 aromatic heterocycles. The highest BCUT2D eigenvalue weighted by molar-refractivity contribution is 7.17. The number of rotatable bonds is 9. The Kier molecular flexibility index (Phi) is 8.28. The predicted molar refractivity (Wildman–Crippen MR) is 119 cm³/mol. The van der Waals surface area contributed by atoms with Gasteiger partial charge in [-0.1, -0.05) is 37.3 Å². The smallest absolute Gasteiger partial charge is 0.265 e. The van der Waals surface area contributed by atoms with Gasteiger partial charge >= 0.3 is 0 Å². The third-order valence-electron chi connectivity index (χ3n) is 5.22. The summed E-state index contributed by atoms with van der Waals surface area (Å²) in [6.45, 7) is 3.96. The van der Waals surface area contributed by atoms with Gasteiger partial charge in [0.25, 0.3) is 11.8 Å². The largest absolute Gasteiger partial charge is 0.482 e. The van der Waals surface area contributed by atoms with Crippen LogP contribution in [0, 0.1) is 0 Å². The summed E-state index contributed by atoms with van der Waals surface area (Å²) < 4.78 is 11.1. The van der Waals surface area contributed by atoms with Crippen LogP contribution in [0.1, 0.15) is 42.3 Å². The van der Waals surface area contributed by atoms with E-state index in [4.69, 9.17) is 9.47 Å². The first kappa shape index (κ1) is 22.3. The van der Waals surface area contributed by atoms with Crippen LogP contribution in [0.4, 0.5) is 0 Å². The van der Waals surface area contributed by atoms with Gasteiger partial charge in [-0.25, -0.2) is 0 Å². The Bertz CT molecular complexity index is 831. The van der Waals surface area contributed by atoms with Crippen LogP contribution in [0.2, 0.25) is 0 Å². The molecule has 1 fully saturated rings. The minimum Gasteiger partial charge on any atom is -0.482 e. The molecule has 1 unspecified atom stereocenters. The van der Waals surface area contributed by atoms with E-state index >= 15 is 0 Å². The summed E-state index contributed by atoms with van der Waals surface area (Å²) in [6.07, 6.45) is 4.00. The molecular weight excluding hydrogens is 400 g/mol. The summed E-state index contributed by atoms with van der Waals surface area (Å²) in [6, 6.07) is 11.6. The Labute approximate surface area is 182 Å². The maximum absolute atomic E-state index is 13.0. The van der Waals surface area contributed by atoms with Crippen molar-refractivity contribution in [3.05, 3.63) is 41.3 Å². The van der Waals surface area contributed by atoms with E-state index in [2.05, 4.69) is 5.32 Å². The molecular formula is C23H30N2O4S. The number of amides is 2. The highest BCUT2D eigenvalue weighted by Crippen LogP contribution is 2.36. The highest BCUT2D eigenvalue weighted by atomic mass is 32.1. The molecule has 2 aromatic rings. The first-order chi connectivity index (χ1) is 14.6. The zero-order valence-corrected chi connectivity index (χ0v) is 18.5. The molecule has 0 bridgehead atoms. The minimum absolute atomic E-state index is 0.0284. The van der Waals surface area contributed by atoms with Crippen LogP contribution < -0.4 is 10.1 Å². The number of carbonyl (C=O) groups excluding carboxylic acids is 2. The van der Waals surface area contributed by atoms with Crippen molar-refractivity contribution in [1.82, 2.24) is 10.2 Å². The molecule has 0 radical (unpaired) electrons. The normalized spacial score (nSPS) is 14.9. The first-order valence-corrected chi connectivity index (χ1v) is 11.3. The third-order valence-corrected chi connectivity index (χ3v) is 6.38. The lowest BCUT2D eigenvalue weighted by Gasteiger charge is -2.26. The number of piperidine rings is 1. The van der Waals surface area contributed by atoms with E-state index in [-0.39, 0.29) is 24.5 Å². The average molecular weight is 431 g/mol. The molecule has 6 nitrogen and oxygen atoms in total. The van der Waals surface area contributed by atoms with E-state index in [0.29, 0.717) is 17.2 Å². The average Bonchev–Trinajstić information content (AvgIpc) is 3.22. The lowest BCUT2D eigenvalue weighted by atomic mass is 10.1. The molecule has 1 aromatic carbocycles. The van der Waals surface area contributed by atoms with Crippen molar-refractivity contribution in [2.24, 2.45) is 0 Å². The van der Waals surface area contributed by atoms with Crippen LogP contribution in [0.15, 0.2) is 36.4 Å². The number of methoxy groups -OCH3 is 1. The first-order valence-electron chi connectivity index (χ1n) is 10.5. The van der Waals surface area contributed by atoms with Gasteiger partial charge in [-0.3, -0.25) is 9.59 Å². The van der Waals surface area contributed by atoms with Crippen LogP contribution in [0.3, 0.4) is 0 Å². The fourth-order valence-corrected chi connectivity index (χ4v) is 4.48. The predicted octanol–water partition coefficient (Wildman–Crippen LogP) is 3.96. The number of hydrogen-bond donors (Lipinski definition) is 1. The lowest BCUT2D eigenvalue weighted by Crippen LogP contribution is -2.39. The molecule has 0 aliphatic carbocycles. The standard InChI is InChI=1S/C23H30N2O4S/c1-3-18(15-28-2)24-23(27)22-19(14-20(30-22)17-10-6-4-7-11-17)29-16-21(26)25-12-8-5-9-13-25/h4,6-7,10-11,14,18H,3,5,8-9,12-13,15-16H2,1-2H3,(H,24,27).